The number of amides is 1. The number of anilines is 1. The van der Waals surface area contributed by atoms with Gasteiger partial charge in [-0.05, 0) is 60.5 Å². The number of halogens is 4. The molecular formula is C29H25ClF3N5O2S2. The minimum absolute atomic E-state index is 0.112. The summed E-state index contributed by atoms with van der Waals surface area (Å²) in [5, 5.41) is 6.22. The summed E-state index contributed by atoms with van der Waals surface area (Å²) in [6, 6.07) is 14.4. The van der Waals surface area contributed by atoms with E-state index >= 15 is 0 Å². The van der Waals surface area contributed by atoms with Crippen LogP contribution in [-0.4, -0.2) is 37.0 Å². The number of thiophene rings is 1. The molecule has 2 N–H and O–H groups in total. The van der Waals surface area contributed by atoms with Crippen LogP contribution in [0.1, 0.15) is 29.7 Å². The zero-order chi connectivity index (χ0) is 29.9. The number of carbonyl (C=O) groups is 1. The average Bonchev–Trinajstić information content (AvgIpc) is 3.65. The molecule has 5 rings (SSSR count). The lowest BCUT2D eigenvalue weighted by Gasteiger charge is -2.22. The molecule has 1 aromatic carbocycles. The van der Waals surface area contributed by atoms with Crippen LogP contribution in [0.15, 0.2) is 89.4 Å². The second-order valence-corrected chi connectivity index (χ2v) is 12.9. The van der Waals surface area contributed by atoms with Crippen molar-refractivity contribution < 1.29 is 22.2 Å². The molecule has 7 nitrogen and oxygen atoms in total. The molecule has 13 heteroatoms. The van der Waals surface area contributed by atoms with Crippen molar-refractivity contribution >= 4 is 45.6 Å². The Bertz CT molecular complexity index is 1610. The molecule has 1 aliphatic heterocycles. The Hall–Kier alpha value is -3.58. The Morgan fingerprint density at radius 1 is 1.19 bits per heavy atom. The number of nitrogens with zero attached hydrogens (tertiary/aromatic N) is 3. The van der Waals surface area contributed by atoms with Crippen LogP contribution >= 0.6 is 22.9 Å². The summed E-state index contributed by atoms with van der Waals surface area (Å²) >= 11 is 7.20. The summed E-state index contributed by atoms with van der Waals surface area (Å²) in [7, 11) is -1.56. The summed E-state index contributed by atoms with van der Waals surface area (Å²) in [5.41, 5.74) is 1.77. The Morgan fingerprint density at radius 2 is 1.98 bits per heavy atom. The van der Waals surface area contributed by atoms with Crippen LogP contribution in [0.2, 0.25) is 4.34 Å². The lowest BCUT2D eigenvalue weighted by molar-refractivity contribution is -0.137. The highest BCUT2D eigenvalue weighted by Crippen LogP contribution is 2.32. The molecule has 0 bridgehead atoms. The van der Waals surface area contributed by atoms with Gasteiger partial charge in [-0.15, -0.1) is 11.3 Å². The van der Waals surface area contributed by atoms with E-state index in [4.69, 9.17) is 11.6 Å². The monoisotopic (exact) mass is 631 g/mol. The highest BCUT2D eigenvalue weighted by atomic mass is 35.5. The normalized spacial score (nSPS) is 16.7. The van der Waals surface area contributed by atoms with Crippen LogP contribution in [0.4, 0.5) is 19.0 Å². The van der Waals surface area contributed by atoms with Gasteiger partial charge in [-0.3, -0.25) is 9.78 Å². The smallest absolute Gasteiger partial charge is 0.363 e. The van der Waals surface area contributed by atoms with Crippen molar-refractivity contribution in [2.75, 3.05) is 11.9 Å². The molecule has 3 aromatic heterocycles. The van der Waals surface area contributed by atoms with Gasteiger partial charge in [0.25, 0.3) is 0 Å². The average molecular weight is 632 g/mol. The largest absolute Gasteiger partial charge is 0.416 e. The molecule has 4 heterocycles. The van der Waals surface area contributed by atoms with Gasteiger partial charge in [0.2, 0.25) is 5.91 Å². The fraction of sp³-hybridized carbons (Fsp3) is 0.207. The van der Waals surface area contributed by atoms with Gasteiger partial charge >= 0.3 is 6.18 Å². The van der Waals surface area contributed by atoms with Gasteiger partial charge < -0.3 is 10.6 Å². The van der Waals surface area contributed by atoms with Crippen LogP contribution in [0.3, 0.4) is 0 Å². The van der Waals surface area contributed by atoms with Crippen LogP contribution in [0.25, 0.3) is 11.3 Å². The molecule has 0 fully saturated rings. The summed E-state index contributed by atoms with van der Waals surface area (Å²) in [4.78, 5) is 22.0. The molecular weight excluding hydrogens is 607 g/mol. The van der Waals surface area contributed by atoms with E-state index in [1.54, 1.807) is 53.1 Å². The minimum atomic E-state index is -4.45. The summed E-state index contributed by atoms with van der Waals surface area (Å²) in [6.07, 6.45) is 2.44. The standard InChI is InChI=1S/C29H25ClF3N5O2S2/c1-18(21-4-2-12-34-17-21)36-26-15-19(14-23(37-26)20-6-8-22(9-7-20)29(31,32)33)16-35-28(39)24-5-3-13-38(24)42(40)27-11-10-25(30)41-27/h2-12,14-15,17-18,24H,13,16H2,1H3,(H,35,39)(H,36,37). The van der Waals surface area contributed by atoms with E-state index in [1.165, 1.54) is 23.5 Å². The third kappa shape index (κ3) is 7.06. The third-order valence-corrected chi connectivity index (χ3v) is 9.51. The van der Waals surface area contributed by atoms with Gasteiger partial charge in [0.05, 0.1) is 21.6 Å². The molecule has 4 aromatic rings. The van der Waals surface area contributed by atoms with Crippen molar-refractivity contribution in [3.05, 3.63) is 106 Å². The van der Waals surface area contributed by atoms with Crippen molar-refractivity contribution in [2.45, 2.75) is 35.9 Å². The zero-order valence-corrected chi connectivity index (χ0v) is 24.5. The SMILES string of the molecule is CC(Nc1cc(CNC(=O)C2C=CCN2S(=O)c2ccc(Cl)s2)cc(-c2ccc(C(F)(F)F)cc2)n1)c1cccnc1. The third-order valence-electron chi connectivity index (χ3n) is 6.52. The number of benzene rings is 1. The van der Waals surface area contributed by atoms with E-state index in [0.717, 1.165) is 17.7 Å². The predicted molar refractivity (Wildman–Crippen MR) is 158 cm³/mol. The topological polar surface area (TPSA) is 87.2 Å². The fourth-order valence-corrected chi connectivity index (χ4v) is 7.14. The molecule has 0 aliphatic carbocycles. The van der Waals surface area contributed by atoms with Gasteiger partial charge in [0.1, 0.15) is 27.1 Å². The Kier molecular flexibility index (Phi) is 9.07. The number of hydrogen-bond acceptors (Lipinski definition) is 6. The van der Waals surface area contributed by atoms with E-state index in [2.05, 4.69) is 20.6 Å². The molecule has 1 aliphatic rings. The molecule has 0 radical (unpaired) electrons. The first kappa shape index (κ1) is 29.9. The van der Waals surface area contributed by atoms with Crippen molar-refractivity contribution in [3.63, 3.8) is 0 Å². The highest BCUT2D eigenvalue weighted by molar-refractivity contribution is 7.85. The van der Waals surface area contributed by atoms with Crippen molar-refractivity contribution in [1.82, 2.24) is 19.6 Å². The summed E-state index contributed by atoms with van der Waals surface area (Å²) < 4.78 is 55.1. The quantitative estimate of drug-likeness (QED) is 0.203. The molecule has 3 atom stereocenters. The van der Waals surface area contributed by atoms with Gasteiger partial charge in [0, 0.05) is 31.0 Å². The van der Waals surface area contributed by atoms with Crippen LogP contribution in [0, 0.1) is 0 Å². The molecule has 42 heavy (non-hydrogen) atoms. The molecule has 218 valence electrons. The minimum Gasteiger partial charge on any atom is -0.363 e. The maximum Gasteiger partial charge on any atom is 0.416 e. The molecule has 0 saturated carbocycles. The van der Waals surface area contributed by atoms with E-state index in [-0.39, 0.29) is 18.5 Å². The number of alkyl halides is 3. The van der Waals surface area contributed by atoms with Crippen molar-refractivity contribution in [3.8, 4) is 11.3 Å². The maximum atomic E-state index is 13.2. The first-order valence-electron chi connectivity index (χ1n) is 12.8. The van der Waals surface area contributed by atoms with E-state index in [0.29, 0.717) is 37.7 Å². The van der Waals surface area contributed by atoms with E-state index in [9.17, 15) is 22.2 Å². The Balaban J connectivity index is 1.36. The van der Waals surface area contributed by atoms with Crippen LogP contribution < -0.4 is 10.6 Å². The zero-order valence-electron chi connectivity index (χ0n) is 22.1. The van der Waals surface area contributed by atoms with Crippen molar-refractivity contribution in [2.24, 2.45) is 0 Å². The lowest BCUT2D eigenvalue weighted by atomic mass is 10.1. The van der Waals surface area contributed by atoms with Crippen LogP contribution in [0.5, 0.6) is 0 Å². The molecule has 3 unspecified atom stereocenters. The first-order valence-corrected chi connectivity index (χ1v) is 15.1. The lowest BCUT2D eigenvalue weighted by Crippen LogP contribution is -2.43. The first-order chi connectivity index (χ1) is 20.1. The van der Waals surface area contributed by atoms with Gasteiger partial charge in [-0.2, -0.15) is 17.5 Å². The van der Waals surface area contributed by atoms with Gasteiger partial charge in [-0.1, -0.05) is 42.0 Å². The number of carbonyl (C=O) groups excluding carboxylic acids is 1. The number of pyridine rings is 2. The number of hydrogen-bond donors (Lipinski definition) is 2. The van der Waals surface area contributed by atoms with Crippen LogP contribution in [-0.2, 0) is 28.5 Å². The second-order valence-electron chi connectivity index (χ2n) is 9.47. The maximum absolute atomic E-state index is 13.2. The highest BCUT2D eigenvalue weighted by Gasteiger charge is 2.32. The Morgan fingerprint density at radius 3 is 2.64 bits per heavy atom. The molecule has 1 amide bonds. The van der Waals surface area contributed by atoms with E-state index in [1.807, 2.05) is 19.1 Å². The van der Waals surface area contributed by atoms with Crippen molar-refractivity contribution in [1.29, 1.82) is 0 Å². The van der Waals surface area contributed by atoms with Gasteiger partial charge in [-0.25, -0.2) is 9.19 Å². The van der Waals surface area contributed by atoms with E-state index < -0.39 is 28.8 Å². The molecule has 0 spiro atoms. The number of aromatic nitrogens is 2. The summed E-state index contributed by atoms with van der Waals surface area (Å²) in [6.45, 7) is 2.39. The second kappa shape index (κ2) is 12.7. The Labute approximate surface area is 252 Å². The molecule has 0 saturated heterocycles. The predicted octanol–water partition coefficient (Wildman–Crippen LogP) is 6.63. The fourth-order valence-electron chi connectivity index (χ4n) is 4.37. The number of rotatable bonds is 9. The summed E-state index contributed by atoms with van der Waals surface area (Å²) in [5.74, 6) is 0.136. The van der Waals surface area contributed by atoms with Gasteiger partial charge in [0.15, 0.2) is 0 Å². The number of nitrogens with one attached hydrogen (secondary N) is 2.